The molecular formula is C19H16N4O. The highest BCUT2D eigenvalue weighted by Gasteiger charge is 2.24. The summed E-state index contributed by atoms with van der Waals surface area (Å²) >= 11 is 0. The Morgan fingerprint density at radius 2 is 2.12 bits per heavy atom. The average Bonchev–Trinajstić information content (AvgIpc) is 3.23. The molecule has 5 heteroatoms. The zero-order valence-electron chi connectivity index (χ0n) is 13.3. The van der Waals surface area contributed by atoms with Gasteiger partial charge in [0.05, 0.1) is 11.6 Å². The average molecular weight is 316 g/mol. The predicted octanol–water partition coefficient (Wildman–Crippen LogP) is 3.53. The van der Waals surface area contributed by atoms with Crippen LogP contribution in [0.2, 0.25) is 0 Å². The van der Waals surface area contributed by atoms with E-state index < -0.39 is 0 Å². The fourth-order valence-electron chi connectivity index (χ4n) is 3.26. The molecule has 5 nitrogen and oxygen atoms in total. The summed E-state index contributed by atoms with van der Waals surface area (Å²) in [5.41, 5.74) is 11.8. The number of fused-ring (bicyclic) bond motifs is 1. The number of rotatable bonds is 2. The molecule has 2 aromatic carbocycles. The van der Waals surface area contributed by atoms with Crippen molar-refractivity contribution in [1.82, 2.24) is 10.1 Å². The molecular weight excluding hydrogens is 300 g/mol. The Balaban J connectivity index is 1.79. The maximum atomic E-state index is 9.09. The van der Waals surface area contributed by atoms with Gasteiger partial charge in [0.2, 0.25) is 5.82 Å². The largest absolute Gasteiger partial charge is 0.334 e. The predicted molar refractivity (Wildman–Crippen MR) is 89.9 cm³/mol. The number of aromatic nitrogens is 2. The van der Waals surface area contributed by atoms with Crippen molar-refractivity contribution in [2.45, 2.75) is 25.8 Å². The lowest BCUT2D eigenvalue weighted by atomic mass is 10.0. The molecule has 0 radical (unpaired) electrons. The number of nitrogens with two attached hydrogens (primary N) is 1. The SMILES string of the molecule is Cc1ccc(C#N)cc1-c1nc(-c2cccc3c2CCC3N)no1. The monoisotopic (exact) mass is 316 g/mol. The fraction of sp³-hybridized carbons (Fsp3) is 0.211. The number of nitrogens with zero attached hydrogens (tertiary/aromatic N) is 3. The van der Waals surface area contributed by atoms with E-state index in [-0.39, 0.29) is 6.04 Å². The first-order chi connectivity index (χ1) is 11.7. The van der Waals surface area contributed by atoms with Gasteiger partial charge < -0.3 is 10.3 Å². The number of aryl methyl sites for hydroxylation is 1. The molecule has 1 atom stereocenters. The van der Waals surface area contributed by atoms with Gasteiger partial charge in [0.1, 0.15) is 0 Å². The van der Waals surface area contributed by atoms with Crippen LogP contribution in [0.15, 0.2) is 40.9 Å². The second kappa shape index (κ2) is 5.59. The molecule has 1 heterocycles. The van der Waals surface area contributed by atoms with Gasteiger partial charge >= 0.3 is 0 Å². The quantitative estimate of drug-likeness (QED) is 0.781. The number of hydrogen-bond donors (Lipinski definition) is 1. The van der Waals surface area contributed by atoms with Crippen LogP contribution in [0.3, 0.4) is 0 Å². The van der Waals surface area contributed by atoms with Crippen LogP contribution in [0.4, 0.5) is 0 Å². The molecule has 1 aliphatic carbocycles. The standard InChI is InChI=1S/C19H16N4O/c1-11-5-6-12(10-20)9-16(11)19-22-18(23-24-19)15-4-2-3-14-13(15)7-8-17(14)21/h2-6,9,17H,7-8,21H2,1H3. The maximum absolute atomic E-state index is 9.09. The van der Waals surface area contributed by atoms with E-state index in [1.165, 1.54) is 11.1 Å². The zero-order valence-corrected chi connectivity index (χ0v) is 13.3. The summed E-state index contributed by atoms with van der Waals surface area (Å²) in [5, 5.41) is 13.2. The summed E-state index contributed by atoms with van der Waals surface area (Å²) in [6, 6.07) is 13.7. The lowest BCUT2D eigenvalue weighted by molar-refractivity contribution is 0.432. The van der Waals surface area contributed by atoms with E-state index in [4.69, 9.17) is 15.5 Å². The van der Waals surface area contributed by atoms with Crippen LogP contribution in [0, 0.1) is 18.3 Å². The van der Waals surface area contributed by atoms with Crippen molar-refractivity contribution < 1.29 is 4.52 Å². The lowest BCUT2D eigenvalue weighted by Gasteiger charge is -2.06. The molecule has 24 heavy (non-hydrogen) atoms. The minimum atomic E-state index is 0.0841. The van der Waals surface area contributed by atoms with Crippen molar-refractivity contribution in [2.75, 3.05) is 0 Å². The highest BCUT2D eigenvalue weighted by Crippen LogP contribution is 2.36. The van der Waals surface area contributed by atoms with E-state index >= 15 is 0 Å². The zero-order chi connectivity index (χ0) is 16.7. The molecule has 3 aromatic rings. The third kappa shape index (κ3) is 2.29. The second-order valence-electron chi connectivity index (χ2n) is 6.08. The van der Waals surface area contributed by atoms with Gasteiger partial charge in [0, 0.05) is 17.2 Å². The van der Waals surface area contributed by atoms with Crippen LogP contribution in [-0.4, -0.2) is 10.1 Å². The van der Waals surface area contributed by atoms with Crippen LogP contribution >= 0.6 is 0 Å². The van der Waals surface area contributed by atoms with Gasteiger partial charge in [-0.1, -0.05) is 29.4 Å². The first kappa shape index (κ1) is 14.6. The van der Waals surface area contributed by atoms with E-state index in [2.05, 4.69) is 22.3 Å². The molecule has 1 aromatic heterocycles. The smallest absolute Gasteiger partial charge is 0.258 e. The highest BCUT2D eigenvalue weighted by molar-refractivity contribution is 5.67. The van der Waals surface area contributed by atoms with Crippen LogP contribution in [0.25, 0.3) is 22.8 Å². The minimum Gasteiger partial charge on any atom is -0.334 e. The summed E-state index contributed by atoms with van der Waals surface area (Å²) in [4.78, 5) is 4.56. The van der Waals surface area contributed by atoms with Crippen LogP contribution in [0.5, 0.6) is 0 Å². The van der Waals surface area contributed by atoms with Gasteiger partial charge in [-0.15, -0.1) is 0 Å². The lowest BCUT2D eigenvalue weighted by Crippen LogP contribution is -2.04. The molecule has 0 bridgehead atoms. The van der Waals surface area contributed by atoms with Crippen LogP contribution in [0.1, 0.15) is 34.7 Å². The third-order valence-electron chi connectivity index (χ3n) is 4.58. The second-order valence-corrected chi connectivity index (χ2v) is 6.08. The first-order valence-electron chi connectivity index (χ1n) is 7.90. The Kier molecular flexibility index (Phi) is 3.40. The van der Waals surface area contributed by atoms with E-state index in [1.54, 1.807) is 12.1 Å². The molecule has 118 valence electrons. The van der Waals surface area contributed by atoms with Gasteiger partial charge in [0.15, 0.2) is 0 Å². The molecule has 0 saturated heterocycles. The molecule has 1 aliphatic rings. The number of nitriles is 1. The van der Waals surface area contributed by atoms with E-state index in [0.717, 1.165) is 29.5 Å². The van der Waals surface area contributed by atoms with Crippen molar-refractivity contribution in [3.8, 4) is 28.9 Å². The topological polar surface area (TPSA) is 88.7 Å². The molecule has 0 saturated carbocycles. The highest BCUT2D eigenvalue weighted by atomic mass is 16.5. The molecule has 0 amide bonds. The normalized spacial score (nSPS) is 16.0. The molecule has 1 unspecified atom stereocenters. The van der Waals surface area contributed by atoms with E-state index in [1.807, 2.05) is 25.1 Å². The van der Waals surface area contributed by atoms with Crippen molar-refractivity contribution in [3.05, 3.63) is 58.7 Å². The summed E-state index contributed by atoms with van der Waals surface area (Å²) < 4.78 is 5.47. The Bertz CT molecular complexity index is 968. The van der Waals surface area contributed by atoms with E-state index in [0.29, 0.717) is 17.3 Å². The number of hydrogen-bond acceptors (Lipinski definition) is 5. The van der Waals surface area contributed by atoms with Crippen LogP contribution in [-0.2, 0) is 6.42 Å². The van der Waals surface area contributed by atoms with Gasteiger partial charge in [-0.2, -0.15) is 10.2 Å². The fourth-order valence-corrected chi connectivity index (χ4v) is 3.26. The van der Waals surface area contributed by atoms with Crippen LogP contribution < -0.4 is 5.73 Å². The molecule has 0 spiro atoms. The number of benzene rings is 2. The van der Waals surface area contributed by atoms with Crippen molar-refractivity contribution in [3.63, 3.8) is 0 Å². The van der Waals surface area contributed by atoms with Gasteiger partial charge in [-0.25, -0.2) is 0 Å². The summed E-state index contributed by atoms with van der Waals surface area (Å²) in [6.07, 6.45) is 1.87. The first-order valence-corrected chi connectivity index (χ1v) is 7.90. The summed E-state index contributed by atoms with van der Waals surface area (Å²) in [5.74, 6) is 0.997. The Labute approximate surface area is 139 Å². The maximum Gasteiger partial charge on any atom is 0.258 e. The van der Waals surface area contributed by atoms with Crippen molar-refractivity contribution in [2.24, 2.45) is 5.73 Å². The van der Waals surface area contributed by atoms with Gasteiger partial charge in [-0.05, 0) is 48.6 Å². The summed E-state index contributed by atoms with van der Waals surface area (Å²) in [7, 11) is 0. The minimum absolute atomic E-state index is 0.0841. The van der Waals surface area contributed by atoms with Crippen molar-refractivity contribution in [1.29, 1.82) is 5.26 Å². The Hall–Kier alpha value is -2.97. The van der Waals surface area contributed by atoms with Gasteiger partial charge in [0.25, 0.3) is 5.89 Å². The Morgan fingerprint density at radius 1 is 1.25 bits per heavy atom. The molecule has 2 N–H and O–H groups in total. The summed E-state index contributed by atoms with van der Waals surface area (Å²) in [6.45, 7) is 1.96. The third-order valence-corrected chi connectivity index (χ3v) is 4.58. The molecule has 0 aliphatic heterocycles. The molecule has 4 rings (SSSR count). The Morgan fingerprint density at radius 3 is 2.96 bits per heavy atom. The van der Waals surface area contributed by atoms with E-state index in [9.17, 15) is 0 Å². The van der Waals surface area contributed by atoms with Crippen molar-refractivity contribution >= 4 is 0 Å². The van der Waals surface area contributed by atoms with Gasteiger partial charge in [-0.3, -0.25) is 0 Å². The molecule has 0 fully saturated rings.